The fourth-order valence-electron chi connectivity index (χ4n) is 4.03. The molecule has 35 heavy (non-hydrogen) atoms. The largest absolute Gasteiger partial charge is 0.272 e. The van der Waals surface area contributed by atoms with Crippen molar-refractivity contribution in [2.24, 2.45) is 5.10 Å². The van der Waals surface area contributed by atoms with Crippen LogP contribution in [0.5, 0.6) is 0 Å². The smallest absolute Gasteiger partial charge is 0.267 e. The van der Waals surface area contributed by atoms with Crippen LogP contribution in [0.1, 0.15) is 28.4 Å². The summed E-state index contributed by atoms with van der Waals surface area (Å²) in [7, 11) is 0. The number of hydrogen-bond donors (Lipinski definition) is 1. The van der Waals surface area contributed by atoms with E-state index in [0.29, 0.717) is 5.56 Å². The lowest BCUT2D eigenvalue weighted by Crippen LogP contribution is -2.20. The van der Waals surface area contributed by atoms with Gasteiger partial charge in [-0.3, -0.25) is 4.79 Å². The Morgan fingerprint density at radius 3 is 2.11 bits per heavy atom. The number of fused-ring (bicyclic) bond motifs is 1. The van der Waals surface area contributed by atoms with E-state index in [4.69, 9.17) is 4.98 Å². The summed E-state index contributed by atoms with van der Waals surface area (Å²) in [5, 5.41) is 5.18. The van der Waals surface area contributed by atoms with E-state index in [9.17, 15) is 4.79 Å². The van der Waals surface area contributed by atoms with Crippen LogP contribution in [0.3, 0.4) is 0 Å². The van der Waals surface area contributed by atoms with Crippen molar-refractivity contribution in [3.63, 3.8) is 0 Å². The molecular formula is C31H25N3O. The first kappa shape index (κ1) is 22.2. The number of hydrazone groups is 1. The second-order valence-corrected chi connectivity index (χ2v) is 8.52. The molecule has 0 atom stereocenters. The molecule has 0 bridgehead atoms. The molecular weight excluding hydrogens is 430 g/mol. The topological polar surface area (TPSA) is 54.4 Å². The van der Waals surface area contributed by atoms with Crippen molar-refractivity contribution in [1.82, 2.24) is 10.4 Å². The number of hydrogen-bond acceptors (Lipinski definition) is 3. The van der Waals surface area contributed by atoms with Gasteiger partial charge in [0.05, 0.1) is 22.5 Å². The standard InChI is InChI=1S/C31H25N3O/c1-21-12-14-26(15-13-21)30-20-28(27-10-6-7-11-29(27)32-30)31(35)34-33-22(2)23-16-18-25(19-17-23)24-8-4-3-5-9-24/h3-20H,1-2H3,(H,34,35)/b33-22-. The quantitative estimate of drug-likeness (QED) is 0.228. The first-order valence-electron chi connectivity index (χ1n) is 11.6. The number of carbonyl (C=O) groups is 1. The fourth-order valence-corrected chi connectivity index (χ4v) is 4.03. The van der Waals surface area contributed by atoms with Crippen LogP contribution < -0.4 is 5.43 Å². The molecule has 5 aromatic rings. The number of carbonyl (C=O) groups excluding carboxylic acids is 1. The molecule has 170 valence electrons. The highest BCUT2D eigenvalue weighted by Gasteiger charge is 2.14. The Bertz CT molecular complexity index is 1520. The van der Waals surface area contributed by atoms with Crippen LogP contribution in [0, 0.1) is 6.92 Å². The summed E-state index contributed by atoms with van der Waals surface area (Å²) in [6, 6.07) is 36.0. The summed E-state index contributed by atoms with van der Waals surface area (Å²) in [4.78, 5) is 18.0. The number of pyridine rings is 1. The van der Waals surface area contributed by atoms with Crippen molar-refractivity contribution < 1.29 is 4.79 Å². The third-order valence-corrected chi connectivity index (χ3v) is 6.04. The molecule has 0 saturated carbocycles. The van der Waals surface area contributed by atoms with Crippen LogP contribution in [-0.2, 0) is 0 Å². The number of nitrogens with zero attached hydrogens (tertiary/aromatic N) is 2. The van der Waals surface area contributed by atoms with E-state index in [2.05, 4.69) is 34.8 Å². The van der Waals surface area contributed by atoms with E-state index < -0.39 is 0 Å². The van der Waals surface area contributed by atoms with Gasteiger partial charge in [0.15, 0.2) is 0 Å². The van der Waals surface area contributed by atoms with Crippen molar-refractivity contribution in [1.29, 1.82) is 0 Å². The van der Waals surface area contributed by atoms with Gasteiger partial charge in [0, 0.05) is 10.9 Å². The molecule has 0 radical (unpaired) electrons. The molecule has 0 unspecified atom stereocenters. The van der Waals surface area contributed by atoms with Gasteiger partial charge in [0.2, 0.25) is 0 Å². The molecule has 1 heterocycles. The van der Waals surface area contributed by atoms with Gasteiger partial charge in [-0.15, -0.1) is 0 Å². The average molecular weight is 456 g/mol. The molecule has 1 N–H and O–H groups in total. The summed E-state index contributed by atoms with van der Waals surface area (Å²) < 4.78 is 0. The molecule has 4 nitrogen and oxygen atoms in total. The van der Waals surface area contributed by atoms with Gasteiger partial charge in [-0.05, 0) is 42.7 Å². The summed E-state index contributed by atoms with van der Waals surface area (Å²) >= 11 is 0. The van der Waals surface area contributed by atoms with Crippen molar-refractivity contribution >= 4 is 22.5 Å². The molecule has 0 saturated heterocycles. The summed E-state index contributed by atoms with van der Waals surface area (Å²) in [5.41, 5.74) is 10.9. The first-order valence-corrected chi connectivity index (χ1v) is 11.6. The van der Waals surface area contributed by atoms with Gasteiger partial charge in [0.1, 0.15) is 0 Å². The van der Waals surface area contributed by atoms with Crippen LogP contribution in [0.2, 0.25) is 0 Å². The normalized spacial score (nSPS) is 11.4. The lowest BCUT2D eigenvalue weighted by molar-refractivity contribution is 0.0956. The van der Waals surface area contributed by atoms with Gasteiger partial charge in [-0.25, -0.2) is 10.4 Å². The Morgan fingerprint density at radius 2 is 1.37 bits per heavy atom. The highest BCUT2D eigenvalue weighted by atomic mass is 16.2. The van der Waals surface area contributed by atoms with E-state index in [-0.39, 0.29) is 5.91 Å². The molecule has 0 aliphatic rings. The number of aromatic nitrogens is 1. The van der Waals surface area contributed by atoms with Crippen LogP contribution in [-0.4, -0.2) is 16.6 Å². The molecule has 1 amide bonds. The zero-order valence-corrected chi connectivity index (χ0v) is 19.7. The van der Waals surface area contributed by atoms with E-state index in [1.165, 1.54) is 5.56 Å². The van der Waals surface area contributed by atoms with Gasteiger partial charge in [-0.1, -0.05) is 103 Å². The van der Waals surface area contributed by atoms with Gasteiger partial charge in [0.25, 0.3) is 5.91 Å². The number of para-hydroxylation sites is 1. The Kier molecular flexibility index (Phi) is 6.18. The van der Waals surface area contributed by atoms with Crippen molar-refractivity contribution in [3.8, 4) is 22.4 Å². The molecule has 0 aliphatic carbocycles. The number of nitrogens with one attached hydrogen (secondary N) is 1. The van der Waals surface area contributed by atoms with Gasteiger partial charge < -0.3 is 0 Å². The first-order chi connectivity index (χ1) is 17.1. The minimum atomic E-state index is -0.266. The Morgan fingerprint density at radius 1 is 0.743 bits per heavy atom. The second-order valence-electron chi connectivity index (χ2n) is 8.52. The zero-order valence-electron chi connectivity index (χ0n) is 19.7. The average Bonchev–Trinajstić information content (AvgIpc) is 2.92. The van der Waals surface area contributed by atoms with Gasteiger partial charge in [-0.2, -0.15) is 5.10 Å². The highest BCUT2D eigenvalue weighted by Crippen LogP contribution is 2.25. The molecule has 1 aromatic heterocycles. The molecule has 4 heteroatoms. The minimum absolute atomic E-state index is 0.266. The van der Waals surface area contributed by atoms with Crippen molar-refractivity contribution in [3.05, 3.63) is 126 Å². The summed E-state index contributed by atoms with van der Waals surface area (Å²) in [5.74, 6) is -0.266. The summed E-state index contributed by atoms with van der Waals surface area (Å²) in [6.07, 6.45) is 0. The van der Waals surface area contributed by atoms with E-state index in [1.807, 2.05) is 98.8 Å². The third kappa shape index (κ3) is 4.87. The van der Waals surface area contributed by atoms with Crippen LogP contribution in [0.4, 0.5) is 0 Å². The number of benzene rings is 4. The van der Waals surface area contributed by atoms with Crippen molar-refractivity contribution in [2.75, 3.05) is 0 Å². The third-order valence-electron chi connectivity index (χ3n) is 6.04. The SMILES string of the molecule is C/C(=N/NC(=O)c1cc(-c2ccc(C)cc2)nc2ccccc12)c1ccc(-c2ccccc2)cc1. The number of aryl methyl sites for hydroxylation is 1. The van der Waals surface area contributed by atoms with E-state index in [1.54, 1.807) is 0 Å². The maximum atomic E-state index is 13.2. The second kappa shape index (κ2) is 9.74. The molecule has 4 aromatic carbocycles. The van der Waals surface area contributed by atoms with Crippen molar-refractivity contribution in [2.45, 2.75) is 13.8 Å². The maximum Gasteiger partial charge on any atom is 0.272 e. The predicted octanol–water partition coefficient (Wildman–Crippen LogP) is 7.03. The Labute approximate surface area is 205 Å². The summed E-state index contributed by atoms with van der Waals surface area (Å²) in [6.45, 7) is 3.94. The van der Waals surface area contributed by atoms with E-state index >= 15 is 0 Å². The molecule has 0 aliphatic heterocycles. The minimum Gasteiger partial charge on any atom is -0.267 e. The lowest BCUT2D eigenvalue weighted by Gasteiger charge is -2.10. The fraction of sp³-hybridized carbons (Fsp3) is 0.0645. The Hall–Kier alpha value is -4.57. The Balaban J connectivity index is 1.41. The van der Waals surface area contributed by atoms with Crippen LogP contribution in [0.15, 0.2) is 114 Å². The number of rotatable bonds is 5. The maximum absolute atomic E-state index is 13.2. The van der Waals surface area contributed by atoms with Crippen LogP contribution >= 0.6 is 0 Å². The number of amides is 1. The molecule has 0 spiro atoms. The molecule has 5 rings (SSSR count). The lowest BCUT2D eigenvalue weighted by atomic mass is 10.0. The predicted molar refractivity (Wildman–Crippen MR) is 143 cm³/mol. The molecule has 0 fully saturated rings. The van der Waals surface area contributed by atoms with E-state index in [0.717, 1.165) is 44.6 Å². The van der Waals surface area contributed by atoms with Crippen LogP contribution in [0.25, 0.3) is 33.3 Å². The van der Waals surface area contributed by atoms with Gasteiger partial charge >= 0.3 is 0 Å². The monoisotopic (exact) mass is 455 g/mol. The zero-order chi connectivity index (χ0) is 24.2. The highest BCUT2D eigenvalue weighted by molar-refractivity contribution is 6.08.